The first-order chi connectivity index (χ1) is 10.9. The summed E-state index contributed by atoms with van der Waals surface area (Å²) in [5, 5.41) is 2.92. The van der Waals surface area contributed by atoms with Crippen LogP contribution in [0.15, 0.2) is 54.6 Å². The first kappa shape index (κ1) is 16.9. The molecule has 3 nitrogen and oxygen atoms in total. The molecule has 6 heteroatoms. The molecule has 1 atom stereocenters. The van der Waals surface area contributed by atoms with Gasteiger partial charge >= 0.3 is 12.1 Å². The van der Waals surface area contributed by atoms with E-state index in [2.05, 4.69) is 5.32 Å². The van der Waals surface area contributed by atoms with E-state index in [4.69, 9.17) is 4.74 Å². The van der Waals surface area contributed by atoms with Crippen LogP contribution in [0.5, 0.6) is 0 Å². The highest BCUT2D eigenvalue weighted by Crippen LogP contribution is 2.30. The van der Waals surface area contributed by atoms with Gasteiger partial charge in [0.2, 0.25) is 0 Å². The van der Waals surface area contributed by atoms with Gasteiger partial charge in [0.15, 0.2) is 6.04 Å². The molecular weight excluding hydrogens is 307 g/mol. The number of hydrogen-bond acceptors (Lipinski definition) is 3. The smallest absolute Gasteiger partial charge is 0.416 e. The predicted molar refractivity (Wildman–Crippen MR) is 80.9 cm³/mol. The summed E-state index contributed by atoms with van der Waals surface area (Å²) in [5.41, 5.74) is 0.334. The van der Waals surface area contributed by atoms with E-state index in [1.165, 1.54) is 12.1 Å². The van der Waals surface area contributed by atoms with E-state index in [-0.39, 0.29) is 6.61 Å². The second-order valence-corrected chi connectivity index (χ2v) is 4.82. The molecule has 0 bridgehead atoms. The Morgan fingerprint density at radius 1 is 1.09 bits per heavy atom. The number of rotatable bonds is 5. The number of carbonyl (C=O) groups is 1. The average Bonchev–Trinajstić information content (AvgIpc) is 2.53. The number of benzene rings is 2. The molecule has 0 unspecified atom stereocenters. The van der Waals surface area contributed by atoms with Crippen molar-refractivity contribution in [3.8, 4) is 0 Å². The molecule has 2 aromatic carbocycles. The number of ether oxygens (including phenoxy) is 1. The first-order valence-electron chi connectivity index (χ1n) is 7.07. The Balaban J connectivity index is 2.22. The number of nitrogens with one attached hydrogen (secondary N) is 1. The van der Waals surface area contributed by atoms with E-state index in [0.717, 1.165) is 12.1 Å². The zero-order valence-electron chi connectivity index (χ0n) is 12.4. The maximum Gasteiger partial charge on any atom is 0.416 e. The summed E-state index contributed by atoms with van der Waals surface area (Å²) < 4.78 is 42.8. The quantitative estimate of drug-likeness (QED) is 0.828. The van der Waals surface area contributed by atoms with E-state index >= 15 is 0 Å². The lowest BCUT2D eigenvalue weighted by atomic mass is 10.1. The highest BCUT2D eigenvalue weighted by molar-refractivity contribution is 5.81. The van der Waals surface area contributed by atoms with E-state index in [9.17, 15) is 18.0 Å². The summed E-state index contributed by atoms with van der Waals surface area (Å²) in [4.78, 5) is 12.1. The normalized spacial score (nSPS) is 12.5. The summed E-state index contributed by atoms with van der Waals surface area (Å²) in [6.07, 6.45) is -4.39. The minimum Gasteiger partial charge on any atom is -0.464 e. The zero-order valence-corrected chi connectivity index (χ0v) is 12.4. The van der Waals surface area contributed by atoms with Crippen molar-refractivity contribution in [1.82, 2.24) is 0 Å². The van der Waals surface area contributed by atoms with Gasteiger partial charge in [-0.3, -0.25) is 0 Å². The molecule has 0 aliphatic carbocycles. The lowest BCUT2D eigenvalue weighted by Gasteiger charge is -2.19. The van der Waals surface area contributed by atoms with Crippen molar-refractivity contribution < 1.29 is 22.7 Å². The molecule has 0 spiro atoms. The number of esters is 1. The van der Waals surface area contributed by atoms with Gasteiger partial charge in [-0.05, 0) is 36.8 Å². The summed E-state index contributed by atoms with van der Waals surface area (Å²) in [5.74, 6) is -0.487. The maximum atomic E-state index is 12.6. The SMILES string of the molecule is CCOC(=O)[C@H](Nc1ccc(C(F)(F)F)cc1)c1ccccc1. The van der Waals surface area contributed by atoms with Crippen LogP contribution in [0, 0.1) is 0 Å². The third-order valence-electron chi connectivity index (χ3n) is 3.18. The molecule has 122 valence electrons. The molecule has 2 rings (SSSR count). The number of alkyl halides is 3. The van der Waals surface area contributed by atoms with Gasteiger partial charge in [0.25, 0.3) is 0 Å². The van der Waals surface area contributed by atoms with E-state index < -0.39 is 23.8 Å². The molecule has 0 radical (unpaired) electrons. The summed E-state index contributed by atoms with van der Waals surface area (Å²) in [7, 11) is 0. The van der Waals surface area contributed by atoms with Crippen molar-refractivity contribution in [2.45, 2.75) is 19.1 Å². The third-order valence-corrected chi connectivity index (χ3v) is 3.18. The van der Waals surface area contributed by atoms with Crippen LogP contribution in [-0.2, 0) is 15.7 Å². The van der Waals surface area contributed by atoms with Crippen LogP contribution in [0.25, 0.3) is 0 Å². The van der Waals surface area contributed by atoms with Gasteiger partial charge in [-0.25, -0.2) is 4.79 Å². The molecule has 0 amide bonds. The summed E-state index contributed by atoms with van der Waals surface area (Å²) >= 11 is 0. The van der Waals surface area contributed by atoms with E-state index in [1.54, 1.807) is 31.2 Å². The Bertz CT molecular complexity index is 639. The fourth-order valence-corrected chi connectivity index (χ4v) is 2.07. The van der Waals surface area contributed by atoms with Gasteiger partial charge in [-0.15, -0.1) is 0 Å². The Kier molecular flexibility index (Phi) is 5.26. The minimum atomic E-state index is -4.39. The second-order valence-electron chi connectivity index (χ2n) is 4.82. The van der Waals surface area contributed by atoms with Crippen LogP contribution < -0.4 is 5.32 Å². The molecule has 0 aliphatic rings. The van der Waals surface area contributed by atoms with Crippen molar-refractivity contribution in [3.05, 3.63) is 65.7 Å². The average molecular weight is 323 g/mol. The Morgan fingerprint density at radius 2 is 1.70 bits per heavy atom. The summed E-state index contributed by atoms with van der Waals surface area (Å²) in [6, 6.07) is 12.6. The van der Waals surface area contributed by atoms with Crippen LogP contribution >= 0.6 is 0 Å². The summed E-state index contributed by atoms with van der Waals surface area (Å²) in [6.45, 7) is 1.91. The minimum absolute atomic E-state index is 0.219. The van der Waals surface area contributed by atoms with Gasteiger partial charge in [0.05, 0.1) is 12.2 Å². The fourth-order valence-electron chi connectivity index (χ4n) is 2.07. The highest BCUT2D eigenvalue weighted by Gasteiger charge is 2.30. The largest absolute Gasteiger partial charge is 0.464 e. The molecular formula is C17H16F3NO2. The molecule has 2 aromatic rings. The Hall–Kier alpha value is -2.50. The lowest BCUT2D eigenvalue weighted by molar-refractivity contribution is -0.144. The van der Waals surface area contributed by atoms with Crippen LogP contribution in [-0.4, -0.2) is 12.6 Å². The Labute approximate surface area is 132 Å². The molecule has 0 saturated heterocycles. The van der Waals surface area contributed by atoms with Crippen LogP contribution in [0.4, 0.5) is 18.9 Å². The highest BCUT2D eigenvalue weighted by atomic mass is 19.4. The molecule has 1 N–H and O–H groups in total. The van der Waals surface area contributed by atoms with Gasteiger partial charge < -0.3 is 10.1 Å². The zero-order chi connectivity index (χ0) is 16.9. The maximum absolute atomic E-state index is 12.6. The fraction of sp³-hybridized carbons (Fsp3) is 0.235. The van der Waals surface area contributed by atoms with Crippen LogP contribution in [0.3, 0.4) is 0 Å². The van der Waals surface area contributed by atoms with Crippen molar-refractivity contribution in [2.75, 3.05) is 11.9 Å². The van der Waals surface area contributed by atoms with Gasteiger partial charge in [0.1, 0.15) is 0 Å². The van der Waals surface area contributed by atoms with Crippen molar-refractivity contribution in [3.63, 3.8) is 0 Å². The Morgan fingerprint density at radius 3 is 2.22 bits per heavy atom. The van der Waals surface area contributed by atoms with Crippen LogP contribution in [0.2, 0.25) is 0 Å². The predicted octanol–water partition coefficient (Wildman–Crippen LogP) is 4.42. The lowest BCUT2D eigenvalue weighted by Crippen LogP contribution is -2.23. The molecule has 0 fully saturated rings. The molecule has 0 heterocycles. The topological polar surface area (TPSA) is 38.3 Å². The molecule has 23 heavy (non-hydrogen) atoms. The third kappa shape index (κ3) is 4.48. The van der Waals surface area contributed by atoms with Crippen LogP contribution in [0.1, 0.15) is 24.1 Å². The number of anilines is 1. The van der Waals surface area contributed by atoms with E-state index in [1.807, 2.05) is 6.07 Å². The van der Waals surface area contributed by atoms with E-state index in [0.29, 0.717) is 11.3 Å². The van der Waals surface area contributed by atoms with Gasteiger partial charge in [-0.1, -0.05) is 30.3 Å². The van der Waals surface area contributed by atoms with Crippen molar-refractivity contribution in [1.29, 1.82) is 0 Å². The van der Waals surface area contributed by atoms with Crippen molar-refractivity contribution in [2.24, 2.45) is 0 Å². The number of carbonyl (C=O) groups excluding carboxylic acids is 1. The van der Waals surface area contributed by atoms with Crippen molar-refractivity contribution >= 4 is 11.7 Å². The number of hydrogen-bond donors (Lipinski definition) is 1. The van der Waals surface area contributed by atoms with Gasteiger partial charge in [-0.2, -0.15) is 13.2 Å². The second kappa shape index (κ2) is 7.17. The monoisotopic (exact) mass is 323 g/mol. The molecule has 0 saturated carbocycles. The molecule has 0 aromatic heterocycles. The number of halogens is 3. The standard InChI is InChI=1S/C17H16F3NO2/c1-2-23-16(22)15(12-6-4-3-5-7-12)21-14-10-8-13(9-11-14)17(18,19)20/h3-11,15,21H,2H2,1H3/t15-/m1/s1. The molecule has 0 aliphatic heterocycles. The first-order valence-corrected chi connectivity index (χ1v) is 7.07. The van der Waals surface area contributed by atoms with Gasteiger partial charge in [0, 0.05) is 5.69 Å².